The second kappa shape index (κ2) is 8.46. The zero-order valence-corrected chi connectivity index (χ0v) is 14.5. The van der Waals surface area contributed by atoms with Crippen LogP contribution in [0.4, 0.5) is 10.1 Å². The molecule has 1 unspecified atom stereocenters. The van der Waals surface area contributed by atoms with Crippen LogP contribution >= 0.6 is 0 Å². The second-order valence-electron chi connectivity index (χ2n) is 6.14. The highest BCUT2D eigenvalue weighted by Crippen LogP contribution is 2.29. The van der Waals surface area contributed by atoms with Gasteiger partial charge in [0.1, 0.15) is 5.57 Å². The van der Waals surface area contributed by atoms with Gasteiger partial charge in [-0.2, -0.15) is 4.39 Å². The van der Waals surface area contributed by atoms with E-state index in [1.54, 1.807) is 0 Å². The van der Waals surface area contributed by atoms with E-state index in [1.807, 2.05) is 24.3 Å². The van der Waals surface area contributed by atoms with Crippen LogP contribution in [0.3, 0.4) is 0 Å². The number of allylic oxidation sites excluding steroid dienone is 1. The van der Waals surface area contributed by atoms with Gasteiger partial charge >= 0.3 is 0 Å². The molecule has 1 aromatic rings. The number of benzene rings is 1. The summed E-state index contributed by atoms with van der Waals surface area (Å²) in [4.78, 5) is 15.8. The highest BCUT2D eigenvalue weighted by Gasteiger charge is 2.20. The maximum Gasteiger partial charge on any atom is 0.262 e. The molecule has 0 aromatic heterocycles. The van der Waals surface area contributed by atoms with Crippen LogP contribution in [0.5, 0.6) is 0 Å². The topological polar surface area (TPSA) is 67.5 Å². The fourth-order valence-electron chi connectivity index (χ4n) is 2.61. The van der Waals surface area contributed by atoms with Crippen LogP contribution in [0.1, 0.15) is 45.6 Å². The van der Waals surface area contributed by atoms with Gasteiger partial charge in [0.2, 0.25) is 5.97 Å². The Bertz CT molecular complexity index is 616. The number of carbonyl (C=O) groups excluding carboxylic acids is 1. The fourth-order valence-corrected chi connectivity index (χ4v) is 2.61. The minimum absolute atomic E-state index is 0.0957. The summed E-state index contributed by atoms with van der Waals surface area (Å²) in [5.74, 6) is -0.629. The Morgan fingerprint density at radius 2 is 1.91 bits per heavy atom. The number of nitrogens with one attached hydrogen (secondary N) is 1. The van der Waals surface area contributed by atoms with Gasteiger partial charge in [0, 0.05) is 18.4 Å². The van der Waals surface area contributed by atoms with Crippen LogP contribution in [0.2, 0.25) is 0 Å². The Kier molecular flexibility index (Phi) is 6.94. The number of hydrogen-bond acceptors (Lipinski definition) is 3. The SMILES string of the molecule is CN=C(F)C(C(=O)Nc1ccccc1C(C)CC(C)C)=C(C)N. The summed E-state index contributed by atoms with van der Waals surface area (Å²) in [5.41, 5.74) is 7.20. The van der Waals surface area contributed by atoms with Crippen molar-refractivity contribution in [3.05, 3.63) is 41.1 Å². The average molecular weight is 319 g/mol. The molecule has 1 amide bonds. The number of nitrogens with zero attached hydrogens (tertiary/aromatic N) is 1. The predicted molar refractivity (Wildman–Crippen MR) is 94.3 cm³/mol. The highest BCUT2D eigenvalue weighted by atomic mass is 19.1. The van der Waals surface area contributed by atoms with E-state index in [0.717, 1.165) is 12.0 Å². The zero-order chi connectivity index (χ0) is 17.6. The Hall–Kier alpha value is -2.17. The van der Waals surface area contributed by atoms with Gasteiger partial charge in [-0.3, -0.25) is 9.79 Å². The number of hydrogen-bond donors (Lipinski definition) is 2. The molecule has 0 fully saturated rings. The van der Waals surface area contributed by atoms with Gasteiger partial charge in [-0.15, -0.1) is 0 Å². The van der Waals surface area contributed by atoms with Crippen LogP contribution in [-0.2, 0) is 4.79 Å². The van der Waals surface area contributed by atoms with Crippen molar-refractivity contribution in [3.63, 3.8) is 0 Å². The van der Waals surface area contributed by atoms with E-state index in [9.17, 15) is 9.18 Å². The summed E-state index contributed by atoms with van der Waals surface area (Å²) in [6.45, 7) is 7.91. The average Bonchev–Trinajstić information content (AvgIpc) is 2.46. The van der Waals surface area contributed by atoms with Crippen molar-refractivity contribution in [1.82, 2.24) is 0 Å². The molecule has 5 heteroatoms. The first-order chi connectivity index (χ1) is 10.8. The van der Waals surface area contributed by atoms with Crippen LogP contribution in [0, 0.1) is 5.92 Å². The molecule has 0 saturated heterocycles. The molecule has 0 spiro atoms. The maximum absolute atomic E-state index is 13.8. The predicted octanol–water partition coefficient (Wildman–Crippen LogP) is 4.01. The molecule has 0 aliphatic carbocycles. The van der Waals surface area contributed by atoms with E-state index < -0.39 is 11.9 Å². The molecule has 0 bridgehead atoms. The van der Waals surface area contributed by atoms with Crippen LogP contribution in [0.25, 0.3) is 0 Å². The number of nitrogens with two attached hydrogens (primary N) is 1. The van der Waals surface area contributed by atoms with Crippen molar-refractivity contribution in [3.8, 4) is 0 Å². The number of para-hydroxylation sites is 1. The third kappa shape index (κ3) is 5.20. The molecule has 0 radical (unpaired) electrons. The molecule has 1 aromatic carbocycles. The third-order valence-corrected chi connectivity index (χ3v) is 3.59. The lowest BCUT2D eigenvalue weighted by atomic mass is 9.91. The van der Waals surface area contributed by atoms with Gasteiger partial charge in [-0.1, -0.05) is 39.0 Å². The summed E-state index contributed by atoms with van der Waals surface area (Å²) >= 11 is 0. The summed E-state index contributed by atoms with van der Waals surface area (Å²) in [5, 5.41) is 2.76. The van der Waals surface area contributed by atoms with E-state index in [2.05, 4.69) is 31.1 Å². The molecule has 126 valence electrons. The Morgan fingerprint density at radius 3 is 2.43 bits per heavy atom. The Labute approximate surface area is 137 Å². The molecule has 1 atom stereocenters. The minimum atomic E-state index is -0.866. The highest BCUT2D eigenvalue weighted by molar-refractivity contribution is 6.23. The quantitative estimate of drug-likeness (QED) is 0.614. The zero-order valence-electron chi connectivity index (χ0n) is 14.5. The standard InChI is InChI=1S/C18H26FN3O/c1-11(2)10-12(3)14-8-6-7-9-15(14)22-18(23)16(13(4)20)17(19)21-5/h6-9,11-12H,10,20H2,1-5H3,(H,22,23). The lowest BCUT2D eigenvalue weighted by Gasteiger charge is -2.19. The van der Waals surface area contributed by atoms with E-state index in [1.165, 1.54) is 14.0 Å². The smallest absolute Gasteiger partial charge is 0.262 e. The third-order valence-electron chi connectivity index (χ3n) is 3.59. The van der Waals surface area contributed by atoms with E-state index >= 15 is 0 Å². The molecule has 4 nitrogen and oxygen atoms in total. The van der Waals surface area contributed by atoms with Crippen molar-refractivity contribution in [2.45, 2.75) is 40.0 Å². The molecule has 0 aliphatic rings. The second-order valence-corrected chi connectivity index (χ2v) is 6.14. The van der Waals surface area contributed by atoms with Gasteiger partial charge in [0.25, 0.3) is 5.91 Å². The lowest BCUT2D eigenvalue weighted by Crippen LogP contribution is -2.23. The van der Waals surface area contributed by atoms with Crippen molar-refractivity contribution in [2.75, 3.05) is 12.4 Å². The number of aliphatic imine (C=N–C) groups is 1. The molecule has 3 N–H and O–H groups in total. The molecule has 0 heterocycles. The number of carbonyl (C=O) groups is 1. The molecule has 1 rings (SSSR count). The van der Waals surface area contributed by atoms with Crippen molar-refractivity contribution in [1.29, 1.82) is 0 Å². The molecule has 0 saturated carbocycles. The number of rotatable bonds is 6. The minimum Gasteiger partial charge on any atom is -0.401 e. The van der Waals surface area contributed by atoms with Gasteiger partial charge in [0.05, 0.1) is 0 Å². The largest absolute Gasteiger partial charge is 0.401 e. The summed E-state index contributed by atoms with van der Waals surface area (Å²) in [6.07, 6.45) is 0.996. The van der Waals surface area contributed by atoms with Gasteiger partial charge in [0.15, 0.2) is 0 Å². The molecular weight excluding hydrogens is 293 g/mol. The first-order valence-corrected chi connectivity index (χ1v) is 7.77. The van der Waals surface area contributed by atoms with E-state index in [0.29, 0.717) is 11.6 Å². The van der Waals surface area contributed by atoms with Gasteiger partial charge < -0.3 is 11.1 Å². The maximum atomic E-state index is 13.8. The molecular formula is C18H26FN3O. The van der Waals surface area contributed by atoms with Crippen molar-refractivity contribution < 1.29 is 9.18 Å². The number of anilines is 1. The van der Waals surface area contributed by atoms with Crippen LogP contribution in [0.15, 0.2) is 40.5 Å². The first-order valence-electron chi connectivity index (χ1n) is 7.77. The van der Waals surface area contributed by atoms with Crippen LogP contribution < -0.4 is 11.1 Å². The van der Waals surface area contributed by atoms with E-state index in [4.69, 9.17) is 5.73 Å². The number of halogens is 1. The number of amides is 1. The normalized spacial score (nSPS) is 14.5. The summed E-state index contributed by atoms with van der Waals surface area (Å²) < 4.78 is 13.8. The summed E-state index contributed by atoms with van der Waals surface area (Å²) in [7, 11) is 1.28. The van der Waals surface area contributed by atoms with Crippen molar-refractivity contribution >= 4 is 17.6 Å². The van der Waals surface area contributed by atoms with Crippen molar-refractivity contribution in [2.24, 2.45) is 16.6 Å². The summed E-state index contributed by atoms with van der Waals surface area (Å²) in [6, 6.07) is 7.56. The fraction of sp³-hybridized carbons (Fsp3) is 0.444. The lowest BCUT2D eigenvalue weighted by molar-refractivity contribution is -0.112. The Morgan fingerprint density at radius 1 is 1.30 bits per heavy atom. The first kappa shape index (κ1) is 18.9. The van der Waals surface area contributed by atoms with Gasteiger partial charge in [-0.05, 0) is 36.8 Å². The van der Waals surface area contributed by atoms with Crippen LogP contribution in [-0.4, -0.2) is 18.9 Å². The Balaban J connectivity index is 3.10. The molecule has 23 heavy (non-hydrogen) atoms. The van der Waals surface area contributed by atoms with E-state index in [-0.39, 0.29) is 17.2 Å². The van der Waals surface area contributed by atoms with Gasteiger partial charge in [-0.25, -0.2) is 0 Å². The molecule has 0 aliphatic heterocycles. The monoisotopic (exact) mass is 319 g/mol.